The molecule has 0 N–H and O–H groups in total. The van der Waals surface area contributed by atoms with Crippen LogP contribution in [0, 0.1) is 0 Å². The third-order valence-corrected chi connectivity index (χ3v) is 17.5. The fourth-order valence-electron chi connectivity index (χ4n) is 3.54. The van der Waals surface area contributed by atoms with Crippen molar-refractivity contribution in [2.75, 3.05) is 19.8 Å². The molecule has 0 aromatic heterocycles. The van der Waals surface area contributed by atoms with E-state index in [2.05, 4.69) is 39.2 Å². The molecule has 0 rings (SSSR count). The summed E-state index contributed by atoms with van der Waals surface area (Å²) in [4.78, 5) is 0. The van der Waals surface area contributed by atoms with Crippen LogP contribution in [-0.4, -0.2) is 27.8 Å². The zero-order chi connectivity index (χ0) is 25.7. The summed E-state index contributed by atoms with van der Waals surface area (Å²) >= 11 is 0. The maximum Gasteiger partial charge on any atom is 0.585 e. The van der Waals surface area contributed by atoms with Crippen LogP contribution in [0.15, 0.2) is 11.5 Å². The minimum absolute atomic E-state index is 0.699. The summed E-state index contributed by atoms with van der Waals surface area (Å²) in [6.07, 6.45) is 26.3. The van der Waals surface area contributed by atoms with Crippen LogP contribution in [0.5, 0.6) is 0 Å². The quantitative estimate of drug-likeness (QED) is 0.0490. The van der Waals surface area contributed by atoms with Gasteiger partial charge in [-0.3, -0.25) is 0 Å². The number of allylic oxidation sites excluding steroid dienone is 1. The van der Waals surface area contributed by atoms with Gasteiger partial charge in [0, 0.05) is 19.8 Å². The van der Waals surface area contributed by atoms with Gasteiger partial charge >= 0.3 is 7.95 Å². The van der Waals surface area contributed by atoms with Crippen molar-refractivity contribution in [2.24, 2.45) is 0 Å². The molecular formula is C27H56O3S4Si. The molecule has 0 unspecified atom stereocenters. The Bertz CT molecular complexity index is 423. The third-order valence-electron chi connectivity index (χ3n) is 5.53. The van der Waals surface area contributed by atoms with Gasteiger partial charge in [0.1, 0.15) is 0 Å². The molecule has 0 saturated heterocycles. The molecule has 0 aliphatic carbocycles. The van der Waals surface area contributed by atoms with Crippen LogP contribution in [0.1, 0.15) is 143 Å². The van der Waals surface area contributed by atoms with Crippen molar-refractivity contribution in [2.45, 2.75) is 143 Å². The first kappa shape index (κ1) is 36.2. The molecule has 0 amide bonds. The van der Waals surface area contributed by atoms with E-state index >= 15 is 0 Å². The van der Waals surface area contributed by atoms with Gasteiger partial charge in [0.15, 0.2) is 0 Å². The summed E-state index contributed by atoms with van der Waals surface area (Å²) in [5.74, 6) is 0. The molecule has 0 radical (unpaired) electrons. The first-order valence-electron chi connectivity index (χ1n) is 14.5. The lowest BCUT2D eigenvalue weighted by Crippen LogP contribution is -2.42. The predicted molar refractivity (Wildman–Crippen MR) is 169 cm³/mol. The highest BCUT2D eigenvalue weighted by atomic mass is 33.7. The van der Waals surface area contributed by atoms with Gasteiger partial charge in [0.25, 0.3) is 0 Å². The highest BCUT2D eigenvalue weighted by molar-refractivity contribution is 9.29. The minimum Gasteiger partial charge on any atom is -0.365 e. The van der Waals surface area contributed by atoms with E-state index < -0.39 is 7.95 Å². The Hall–Kier alpha value is 1.24. The van der Waals surface area contributed by atoms with Gasteiger partial charge in [-0.05, 0) is 67.4 Å². The zero-order valence-corrected chi connectivity index (χ0v) is 27.6. The average Bonchev–Trinajstić information content (AvgIpc) is 2.88. The van der Waals surface area contributed by atoms with E-state index in [1.165, 1.54) is 96.3 Å². The van der Waals surface area contributed by atoms with Crippen LogP contribution in [0.4, 0.5) is 0 Å². The highest BCUT2D eigenvalue weighted by Crippen LogP contribution is 2.48. The van der Waals surface area contributed by atoms with Crippen LogP contribution in [0.3, 0.4) is 0 Å². The van der Waals surface area contributed by atoms with Crippen LogP contribution >= 0.6 is 40.7 Å². The number of unbranched alkanes of at least 4 members (excludes halogenated alkanes) is 14. The molecule has 0 aromatic carbocycles. The Morgan fingerprint density at radius 2 is 0.943 bits per heavy atom. The fourth-order valence-corrected chi connectivity index (χ4v) is 16.8. The van der Waals surface area contributed by atoms with Gasteiger partial charge in [0.2, 0.25) is 0 Å². The van der Waals surface area contributed by atoms with E-state index in [1.807, 2.05) is 0 Å². The van der Waals surface area contributed by atoms with Crippen LogP contribution < -0.4 is 0 Å². The molecule has 3 nitrogen and oxygen atoms in total. The summed E-state index contributed by atoms with van der Waals surface area (Å²) in [5, 5.41) is 2.23. The third kappa shape index (κ3) is 25.3. The first-order valence-corrected chi connectivity index (χ1v) is 21.8. The first-order chi connectivity index (χ1) is 17.2. The summed E-state index contributed by atoms with van der Waals surface area (Å²) in [6.45, 7) is 10.8. The lowest BCUT2D eigenvalue weighted by molar-refractivity contribution is 0.0839. The van der Waals surface area contributed by atoms with Crippen molar-refractivity contribution in [3.8, 4) is 0 Å². The fraction of sp³-hybridized carbons (Fsp3) is 0.926. The van der Waals surface area contributed by atoms with Gasteiger partial charge in [-0.25, -0.2) is 0 Å². The number of hydrogen-bond donors (Lipinski definition) is 0. The van der Waals surface area contributed by atoms with Gasteiger partial charge in [0.05, 0.1) is 0 Å². The van der Waals surface area contributed by atoms with Crippen LogP contribution in [0.25, 0.3) is 0 Å². The van der Waals surface area contributed by atoms with E-state index in [1.54, 1.807) is 40.7 Å². The van der Waals surface area contributed by atoms with Crippen molar-refractivity contribution < 1.29 is 13.3 Å². The van der Waals surface area contributed by atoms with Crippen molar-refractivity contribution in [1.82, 2.24) is 0 Å². The largest absolute Gasteiger partial charge is 0.585 e. The maximum atomic E-state index is 6.12. The molecule has 35 heavy (non-hydrogen) atoms. The van der Waals surface area contributed by atoms with Gasteiger partial charge < -0.3 is 13.3 Å². The molecule has 8 heteroatoms. The molecule has 0 fully saturated rings. The lowest BCUT2D eigenvalue weighted by atomic mass is 10.0. The van der Waals surface area contributed by atoms with E-state index in [4.69, 9.17) is 13.3 Å². The average molecular weight is 585 g/mol. The van der Waals surface area contributed by atoms with Crippen molar-refractivity contribution in [1.29, 1.82) is 0 Å². The van der Waals surface area contributed by atoms with E-state index in [0.717, 1.165) is 19.3 Å². The predicted octanol–water partition coefficient (Wildman–Crippen LogP) is 11.8. The van der Waals surface area contributed by atoms with Crippen LogP contribution in [-0.2, 0) is 13.3 Å². The molecule has 0 aliphatic heterocycles. The Kier molecular flexibility index (Phi) is 30.8. The van der Waals surface area contributed by atoms with Gasteiger partial charge in [-0.1, -0.05) is 128 Å². The normalized spacial score (nSPS) is 12.2. The Labute approximate surface area is 235 Å². The molecule has 0 spiro atoms. The molecule has 210 valence electrons. The summed E-state index contributed by atoms with van der Waals surface area (Å²) in [6, 6.07) is 0. The summed E-state index contributed by atoms with van der Waals surface area (Å²) in [7, 11) is 4.31. The maximum absolute atomic E-state index is 6.12. The summed E-state index contributed by atoms with van der Waals surface area (Å²) < 4.78 is 18.4. The smallest absolute Gasteiger partial charge is 0.365 e. The molecule has 0 atom stereocenters. The molecule has 0 aliphatic rings. The van der Waals surface area contributed by atoms with Crippen molar-refractivity contribution >= 4 is 48.6 Å². The Morgan fingerprint density at radius 1 is 0.514 bits per heavy atom. The molecule has 0 saturated carbocycles. The zero-order valence-electron chi connectivity index (χ0n) is 23.4. The second-order valence-corrected chi connectivity index (χ2v) is 19.2. The Morgan fingerprint density at radius 3 is 1.37 bits per heavy atom. The Balaban J connectivity index is 3.67. The molecule has 0 bridgehead atoms. The van der Waals surface area contributed by atoms with Gasteiger partial charge in [-0.2, -0.15) is 0 Å². The minimum atomic E-state index is -2.65. The molecule has 0 heterocycles. The second-order valence-electron chi connectivity index (χ2n) is 9.12. The second kappa shape index (κ2) is 29.8. The van der Waals surface area contributed by atoms with Crippen LogP contribution in [0.2, 0.25) is 0 Å². The summed E-state index contributed by atoms with van der Waals surface area (Å²) in [5.41, 5.74) is 0. The number of rotatable bonds is 29. The number of hydrogen-bond acceptors (Lipinski definition) is 7. The van der Waals surface area contributed by atoms with E-state index in [0.29, 0.717) is 19.8 Å². The van der Waals surface area contributed by atoms with Crippen molar-refractivity contribution in [3.05, 3.63) is 11.5 Å². The molecular weight excluding hydrogens is 529 g/mol. The van der Waals surface area contributed by atoms with Crippen molar-refractivity contribution in [3.63, 3.8) is 0 Å². The SMILES string of the molecule is CCCCCCCCCCCCCCCCC=CSSSS[Si](OCCC)(OCCC)OCCC. The highest BCUT2D eigenvalue weighted by Gasteiger charge is 2.43. The monoisotopic (exact) mass is 584 g/mol. The van der Waals surface area contributed by atoms with E-state index in [9.17, 15) is 0 Å². The topological polar surface area (TPSA) is 27.7 Å². The lowest BCUT2D eigenvalue weighted by Gasteiger charge is -2.27. The van der Waals surface area contributed by atoms with Gasteiger partial charge in [-0.15, -0.1) is 0 Å². The van der Waals surface area contributed by atoms with E-state index in [-0.39, 0.29) is 0 Å². The molecule has 0 aromatic rings. The standard InChI is InChI=1S/C27H56O3S4Si/c1-5-9-10-11-12-13-14-15-16-17-18-19-20-21-22-23-27-31-32-33-34-35(28-24-6-2,29-25-7-3)30-26-8-4/h23,27H,5-22,24-26H2,1-4H3.